The summed E-state index contributed by atoms with van der Waals surface area (Å²) in [6.07, 6.45) is 0. The molecule has 1 atom stereocenters. The zero-order chi connectivity index (χ0) is 28.5. The first-order valence-electron chi connectivity index (χ1n) is 11.6. The van der Waals surface area contributed by atoms with Crippen molar-refractivity contribution in [3.63, 3.8) is 0 Å². The molecule has 208 valence electrons. The van der Waals surface area contributed by atoms with Gasteiger partial charge in [-0.3, -0.25) is 14.4 Å². The number of nitrogens with two attached hydrogens (primary N) is 2. The molecule has 1 aliphatic heterocycles. The lowest BCUT2D eigenvalue weighted by molar-refractivity contribution is -0.139. The van der Waals surface area contributed by atoms with E-state index in [0.29, 0.717) is 37.7 Å². The number of hydrogen-bond donors (Lipinski definition) is 6. The van der Waals surface area contributed by atoms with Gasteiger partial charge < -0.3 is 42.2 Å². The number of morpholine rings is 1. The summed E-state index contributed by atoms with van der Waals surface area (Å²) in [7, 11) is 0. The SMILES string of the molecule is NC(N)=Nc1cccc(C(=O)NCC(=O)NC[C@H](NC(=O)c2c(Cl)cc(N3CCOCC3)cc2Cl)C(=O)O)c1. The van der Waals surface area contributed by atoms with Crippen LogP contribution in [0.2, 0.25) is 10.0 Å². The molecule has 8 N–H and O–H groups in total. The summed E-state index contributed by atoms with van der Waals surface area (Å²) in [5, 5.41) is 16.7. The second kappa shape index (κ2) is 13.6. The van der Waals surface area contributed by atoms with Crippen molar-refractivity contribution in [1.82, 2.24) is 16.0 Å². The van der Waals surface area contributed by atoms with Gasteiger partial charge in [-0.05, 0) is 30.3 Å². The third-order valence-corrected chi connectivity index (χ3v) is 6.11. The second-order valence-corrected chi connectivity index (χ2v) is 9.14. The Labute approximate surface area is 233 Å². The van der Waals surface area contributed by atoms with Crippen LogP contribution < -0.4 is 32.3 Å². The van der Waals surface area contributed by atoms with Crippen LogP contribution in [0.3, 0.4) is 0 Å². The summed E-state index contributed by atoms with van der Waals surface area (Å²) < 4.78 is 5.32. The van der Waals surface area contributed by atoms with Crippen LogP contribution in [-0.4, -0.2) is 80.2 Å². The zero-order valence-corrected chi connectivity index (χ0v) is 22.1. The first kappa shape index (κ1) is 29.5. The van der Waals surface area contributed by atoms with Crippen LogP contribution in [-0.2, 0) is 14.3 Å². The molecule has 0 aliphatic carbocycles. The molecule has 0 saturated carbocycles. The monoisotopic (exact) mass is 579 g/mol. The lowest BCUT2D eigenvalue weighted by atomic mass is 10.1. The summed E-state index contributed by atoms with van der Waals surface area (Å²) in [5.74, 6) is -3.67. The van der Waals surface area contributed by atoms with Crippen LogP contribution in [0.4, 0.5) is 11.4 Å². The molecular formula is C24H27Cl2N7O6. The van der Waals surface area contributed by atoms with Crippen LogP contribution in [0.1, 0.15) is 20.7 Å². The van der Waals surface area contributed by atoms with Gasteiger partial charge in [0.1, 0.15) is 6.04 Å². The Morgan fingerprint density at radius 3 is 2.31 bits per heavy atom. The molecule has 1 aliphatic rings. The second-order valence-electron chi connectivity index (χ2n) is 8.32. The number of carbonyl (C=O) groups excluding carboxylic acids is 3. The van der Waals surface area contributed by atoms with Crippen molar-refractivity contribution in [1.29, 1.82) is 0 Å². The first-order chi connectivity index (χ1) is 18.5. The van der Waals surface area contributed by atoms with Crippen molar-refractivity contribution in [2.45, 2.75) is 6.04 Å². The number of aliphatic imine (C=N–C) groups is 1. The molecule has 0 unspecified atom stereocenters. The molecule has 3 amide bonds. The number of aliphatic carboxylic acids is 1. The van der Waals surface area contributed by atoms with E-state index < -0.39 is 42.8 Å². The van der Waals surface area contributed by atoms with E-state index in [2.05, 4.69) is 20.9 Å². The molecule has 2 aromatic carbocycles. The maximum atomic E-state index is 12.8. The molecule has 0 radical (unpaired) electrons. The highest BCUT2D eigenvalue weighted by molar-refractivity contribution is 6.40. The molecule has 2 aromatic rings. The number of nitrogens with zero attached hydrogens (tertiary/aromatic N) is 2. The van der Waals surface area contributed by atoms with Crippen LogP contribution in [0.15, 0.2) is 41.4 Å². The van der Waals surface area contributed by atoms with Gasteiger partial charge in [-0.2, -0.15) is 0 Å². The normalized spacial score (nSPS) is 13.6. The van der Waals surface area contributed by atoms with E-state index in [0.717, 1.165) is 0 Å². The molecule has 3 rings (SSSR count). The van der Waals surface area contributed by atoms with Crippen molar-refractivity contribution < 1.29 is 29.0 Å². The summed E-state index contributed by atoms with van der Waals surface area (Å²) in [4.78, 5) is 55.0. The quantitative estimate of drug-likeness (QED) is 0.171. The fourth-order valence-electron chi connectivity index (χ4n) is 3.62. The minimum absolute atomic E-state index is 0.0429. The number of guanidine groups is 1. The van der Waals surface area contributed by atoms with Crippen LogP contribution in [0.25, 0.3) is 0 Å². The number of anilines is 1. The third-order valence-electron chi connectivity index (χ3n) is 5.51. The Morgan fingerprint density at radius 1 is 1.03 bits per heavy atom. The highest BCUT2D eigenvalue weighted by Crippen LogP contribution is 2.31. The van der Waals surface area contributed by atoms with Crippen molar-refractivity contribution >= 4 is 64.2 Å². The minimum atomic E-state index is -1.50. The zero-order valence-electron chi connectivity index (χ0n) is 20.6. The standard InChI is InChI=1S/C24H27Cl2N7O6/c25-16-9-15(33-4-6-39-7-5-33)10-17(26)20(16)22(36)32-18(23(37)38)11-29-19(34)12-30-21(35)13-2-1-3-14(8-13)31-24(27)28/h1-3,8-10,18H,4-7,11-12H2,(H,29,34)(H,30,35)(H,32,36)(H,37,38)(H4,27,28,31)/t18-/m0/s1. The van der Waals surface area contributed by atoms with Gasteiger partial charge in [0.15, 0.2) is 5.96 Å². The Bertz CT molecular complexity index is 1260. The average Bonchev–Trinajstić information content (AvgIpc) is 2.89. The summed E-state index contributed by atoms with van der Waals surface area (Å²) >= 11 is 12.6. The van der Waals surface area contributed by atoms with Gasteiger partial charge in [0.05, 0.1) is 41.1 Å². The van der Waals surface area contributed by atoms with E-state index in [1.807, 2.05) is 4.90 Å². The van der Waals surface area contributed by atoms with Gasteiger partial charge in [-0.1, -0.05) is 29.3 Å². The van der Waals surface area contributed by atoms with Crippen molar-refractivity contribution in [2.24, 2.45) is 16.5 Å². The van der Waals surface area contributed by atoms with E-state index >= 15 is 0 Å². The van der Waals surface area contributed by atoms with Crippen LogP contribution >= 0.6 is 23.2 Å². The van der Waals surface area contributed by atoms with E-state index in [4.69, 9.17) is 39.4 Å². The van der Waals surface area contributed by atoms with Crippen LogP contribution in [0.5, 0.6) is 0 Å². The van der Waals surface area contributed by atoms with E-state index in [1.165, 1.54) is 12.1 Å². The molecule has 0 aromatic heterocycles. The van der Waals surface area contributed by atoms with Crippen molar-refractivity contribution in [3.05, 3.63) is 57.6 Å². The fraction of sp³-hybridized carbons (Fsp3) is 0.292. The lowest BCUT2D eigenvalue weighted by Crippen LogP contribution is -2.50. The van der Waals surface area contributed by atoms with E-state index in [9.17, 15) is 24.3 Å². The molecule has 1 heterocycles. The number of ether oxygens (including phenoxy) is 1. The maximum absolute atomic E-state index is 12.8. The number of nitrogens with one attached hydrogen (secondary N) is 3. The van der Waals surface area contributed by atoms with Gasteiger partial charge in [0.25, 0.3) is 11.8 Å². The number of hydrogen-bond acceptors (Lipinski definition) is 7. The van der Waals surface area contributed by atoms with Gasteiger partial charge in [0, 0.05) is 30.9 Å². The van der Waals surface area contributed by atoms with Gasteiger partial charge in [-0.25, -0.2) is 9.79 Å². The molecule has 15 heteroatoms. The summed E-state index contributed by atoms with van der Waals surface area (Å²) in [6.45, 7) is 1.43. The molecular weight excluding hydrogens is 553 g/mol. The predicted molar refractivity (Wildman–Crippen MR) is 146 cm³/mol. The van der Waals surface area contributed by atoms with Crippen LogP contribution in [0, 0.1) is 0 Å². The number of carboxylic acid groups (broad SMARTS) is 1. The Kier molecular flexibility index (Phi) is 10.3. The number of amides is 3. The van der Waals surface area contributed by atoms with Gasteiger partial charge in [-0.15, -0.1) is 0 Å². The smallest absolute Gasteiger partial charge is 0.328 e. The Balaban J connectivity index is 1.56. The number of halogens is 2. The number of carboxylic acids is 1. The van der Waals surface area contributed by atoms with Crippen molar-refractivity contribution in [2.75, 3.05) is 44.3 Å². The number of carbonyl (C=O) groups is 4. The van der Waals surface area contributed by atoms with Gasteiger partial charge in [0.2, 0.25) is 5.91 Å². The first-order valence-corrected chi connectivity index (χ1v) is 12.4. The lowest BCUT2D eigenvalue weighted by Gasteiger charge is -2.29. The molecule has 1 saturated heterocycles. The highest BCUT2D eigenvalue weighted by Gasteiger charge is 2.25. The number of rotatable bonds is 10. The average molecular weight is 580 g/mol. The fourth-order valence-corrected chi connectivity index (χ4v) is 4.27. The van der Waals surface area contributed by atoms with Crippen molar-refractivity contribution in [3.8, 4) is 0 Å². The molecule has 1 fully saturated rings. The minimum Gasteiger partial charge on any atom is -0.480 e. The number of benzene rings is 2. The molecule has 0 spiro atoms. The molecule has 39 heavy (non-hydrogen) atoms. The summed E-state index contributed by atoms with van der Waals surface area (Å²) in [5.41, 5.74) is 11.8. The molecule has 0 bridgehead atoms. The Hall–Kier alpha value is -4.07. The van der Waals surface area contributed by atoms with E-state index in [1.54, 1.807) is 24.3 Å². The summed E-state index contributed by atoms with van der Waals surface area (Å²) in [6, 6.07) is 7.71. The van der Waals surface area contributed by atoms with Gasteiger partial charge >= 0.3 is 5.97 Å². The molecule has 13 nitrogen and oxygen atoms in total. The van der Waals surface area contributed by atoms with E-state index in [-0.39, 0.29) is 27.1 Å². The third kappa shape index (κ3) is 8.46. The Morgan fingerprint density at radius 2 is 1.69 bits per heavy atom. The largest absolute Gasteiger partial charge is 0.480 e. The maximum Gasteiger partial charge on any atom is 0.328 e. The highest BCUT2D eigenvalue weighted by atomic mass is 35.5. The topological polar surface area (TPSA) is 201 Å². The predicted octanol–water partition coefficient (Wildman–Crippen LogP) is 0.464.